The molecule has 0 fully saturated rings. The number of amides is 1. The Labute approximate surface area is 106 Å². The van der Waals surface area contributed by atoms with Gasteiger partial charge in [0, 0.05) is 6.42 Å². The molecule has 1 rings (SSSR count). The molecule has 1 amide bonds. The van der Waals surface area contributed by atoms with Crippen LogP contribution in [0.15, 0.2) is 18.2 Å². The molecular weight excluding hydrogens is 236 g/mol. The lowest BCUT2D eigenvalue weighted by Gasteiger charge is -2.17. The van der Waals surface area contributed by atoms with Gasteiger partial charge in [-0.15, -0.1) is 0 Å². The molecule has 0 atom stereocenters. The van der Waals surface area contributed by atoms with Crippen molar-refractivity contribution in [3.63, 3.8) is 0 Å². The molecule has 4 heteroatoms. The average Bonchev–Trinajstić information content (AvgIpc) is 2.18. The molecule has 0 spiro atoms. The van der Waals surface area contributed by atoms with Crippen LogP contribution in [0.4, 0.5) is 5.69 Å². The number of carbonyl (C=O) groups excluding carboxylic acids is 1. The van der Waals surface area contributed by atoms with Crippen molar-refractivity contribution in [2.24, 2.45) is 5.41 Å². The lowest BCUT2D eigenvalue weighted by atomic mass is 9.92. The number of nitriles is 1. The summed E-state index contributed by atoms with van der Waals surface area (Å²) in [6.45, 7) is 5.98. The molecule has 17 heavy (non-hydrogen) atoms. The number of nitrogens with one attached hydrogen (secondary N) is 1. The van der Waals surface area contributed by atoms with Crippen LogP contribution in [-0.4, -0.2) is 5.91 Å². The summed E-state index contributed by atoms with van der Waals surface area (Å²) < 4.78 is 0. The van der Waals surface area contributed by atoms with E-state index in [0.29, 0.717) is 22.7 Å². The van der Waals surface area contributed by atoms with Gasteiger partial charge in [-0.25, -0.2) is 0 Å². The summed E-state index contributed by atoms with van der Waals surface area (Å²) >= 11 is 5.96. The van der Waals surface area contributed by atoms with Crippen LogP contribution in [0.1, 0.15) is 32.8 Å². The Bertz CT molecular complexity index is 469. The van der Waals surface area contributed by atoms with Gasteiger partial charge in [0.15, 0.2) is 0 Å². The smallest absolute Gasteiger partial charge is 0.224 e. The molecule has 0 saturated heterocycles. The number of rotatable bonds is 2. The Morgan fingerprint density at radius 1 is 1.47 bits per heavy atom. The van der Waals surface area contributed by atoms with Crippen LogP contribution in [-0.2, 0) is 4.79 Å². The number of anilines is 1. The Kier molecular flexibility index (Phi) is 4.14. The summed E-state index contributed by atoms with van der Waals surface area (Å²) in [4.78, 5) is 11.7. The molecule has 0 aliphatic carbocycles. The first kappa shape index (κ1) is 13.5. The number of nitrogens with zero attached hydrogens (tertiary/aromatic N) is 1. The van der Waals surface area contributed by atoms with Crippen molar-refractivity contribution < 1.29 is 4.79 Å². The molecule has 0 bridgehead atoms. The van der Waals surface area contributed by atoms with Crippen molar-refractivity contribution in [1.29, 1.82) is 5.26 Å². The molecule has 0 heterocycles. The van der Waals surface area contributed by atoms with Crippen LogP contribution in [0.2, 0.25) is 5.02 Å². The number of halogens is 1. The zero-order valence-corrected chi connectivity index (χ0v) is 10.9. The van der Waals surface area contributed by atoms with Crippen LogP contribution in [0.3, 0.4) is 0 Å². The Morgan fingerprint density at radius 2 is 2.12 bits per heavy atom. The zero-order chi connectivity index (χ0) is 13.1. The predicted octanol–water partition coefficient (Wildman–Crippen LogP) is 3.59. The lowest BCUT2D eigenvalue weighted by molar-refractivity contribution is -0.117. The third-order valence-corrected chi connectivity index (χ3v) is 2.38. The summed E-state index contributed by atoms with van der Waals surface area (Å²) in [6, 6.07) is 6.79. The van der Waals surface area contributed by atoms with E-state index in [1.165, 1.54) is 6.07 Å². The maximum atomic E-state index is 11.7. The fourth-order valence-electron chi connectivity index (χ4n) is 1.36. The fourth-order valence-corrected chi connectivity index (χ4v) is 1.59. The minimum absolute atomic E-state index is 0.0663. The first-order valence-corrected chi connectivity index (χ1v) is 5.69. The summed E-state index contributed by atoms with van der Waals surface area (Å²) in [6.07, 6.45) is 0.420. The number of hydrogen-bond acceptors (Lipinski definition) is 2. The molecule has 1 aromatic rings. The van der Waals surface area contributed by atoms with Gasteiger partial charge in [0.2, 0.25) is 5.91 Å². The SMILES string of the molecule is CC(C)(C)CC(=O)Nc1ccc(C#N)cc1Cl. The minimum atomic E-state index is -0.0795. The van der Waals surface area contributed by atoms with E-state index < -0.39 is 0 Å². The lowest BCUT2D eigenvalue weighted by Crippen LogP contribution is -2.19. The number of benzene rings is 1. The highest BCUT2D eigenvalue weighted by atomic mass is 35.5. The second-order valence-electron chi connectivity index (χ2n) is 5.09. The zero-order valence-electron chi connectivity index (χ0n) is 10.2. The first-order valence-electron chi connectivity index (χ1n) is 5.31. The predicted molar refractivity (Wildman–Crippen MR) is 68.9 cm³/mol. The molecule has 0 radical (unpaired) electrons. The largest absolute Gasteiger partial charge is 0.325 e. The van der Waals surface area contributed by atoms with Crippen molar-refractivity contribution in [3.05, 3.63) is 28.8 Å². The number of carbonyl (C=O) groups is 1. The molecule has 0 aliphatic rings. The van der Waals surface area contributed by atoms with Crippen molar-refractivity contribution in [2.45, 2.75) is 27.2 Å². The van der Waals surface area contributed by atoms with Gasteiger partial charge in [-0.1, -0.05) is 32.4 Å². The van der Waals surface area contributed by atoms with E-state index in [0.717, 1.165) is 0 Å². The maximum absolute atomic E-state index is 11.7. The van der Waals surface area contributed by atoms with Crippen molar-refractivity contribution in [2.75, 3.05) is 5.32 Å². The second kappa shape index (κ2) is 5.20. The molecule has 0 aromatic heterocycles. The van der Waals surface area contributed by atoms with E-state index in [1.54, 1.807) is 12.1 Å². The molecule has 0 aliphatic heterocycles. The third kappa shape index (κ3) is 4.46. The highest BCUT2D eigenvalue weighted by molar-refractivity contribution is 6.33. The Balaban J connectivity index is 2.76. The van der Waals surface area contributed by atoms with Crippen LogP contribution in [0.25, 0.3) is 0 Å². The van der Waals surface area contributed by atoms with E-state index in [4.69, 9.17) is 16.9 Å². The Hall–Kier alpha value is -1.53. The summed E-state index contributed by atoms with van der Waals surface area (Å²) in [5, 5.41) is 11.8. The van der Waals surface area contributed by atoms with Crippen LogP contribution >= 0.6 is 11.6 Å². The molecule has 90 valence electrons. The molecular formula is C13H15ClN2O. The van der Waals surface area contributed by atoms with Crippen molar-refractivity contribution >= 4 is 23.2 Å². The van der Waals surface area contributed by atoms with Gasteiger partial charge in [0.1, 0.15) is 0 Å². The molecule has 3 nitrogen and oxygen atoms in total. The van der Waals surface area contributed by atoms with Crippen LogP contribution < -0.4 is 5.32 Å². The molecule has 1 N–H and O–H groups in total. The van der Waals surface area contributed by atoms with Crippen molar-refractivity contribution in [1.82, 2.24) is 0 Å². The van der Waals surface area contributed by atoms with Gasteiger partial charge in [-0.05, 0) is 23.6 Å². The first-order chi connectivity index (χ1) is 7.81. The van der Waals surface area contributed by atoms with E-state index in [-0.39, 0.29) is 11.3 Å². The topological polar surface area (TPSA) is 52.9 Å². The quantitative estimate of drug-likeness (QED) is 0.872. The monoisotopic (exact) mass is 250 g/mol. The molecule has 0 saturated carbocycles. The summed E-state index contributed by atoms with van der Waals surface area (Å²) in [5.41, 5.74) is 0.951. The normalized spacial score (nSPS) is 10.8. The highest BCUT2D eigenvalue weighted by Crippen LogP contribution is 2.25. The average molecular weight is 251 g/mol. The van der Waals surface area contributed by atoms with Crippen molar-refractivity contribution in [3.8, 4) is 6.07 Å². The van der Waals surface area contributed by atoms with Gasteiger partial charge in [-0.3, -0.25) is 4.79 Å². The van der Waals surface area contributed by atoms with E-state index >= 15 is 0 Å². The number of hydrogen-bond donors (Lipinski definition) is 1. The van der Waals surface area contributed by atoms with Crippen LogP contribution in [0.5, 0.6) is 0 Å². The molecule has 1 aromatic carbocycles. The second-order valence-corrected chi connectivity index (χ2v) is 5.50. The standard InChI is InChI=1S/C13H15ClN2O/c1-13(2,3)7-12(17)16-11-5-4-9(8-15)6-10(11)14/h4-6H,7H2,1-3H3,(H,16,17). The van der Waals surface area contributed by atoms with Gasteiger partial charge in [0.05, 0.1) is 22.3 Å². The van der Waals surface area contributed by atoms with Crippen LogP contribution in [0, 0.1) is 16.7 Å². The van der Waals surface area contributed by atoms with Gasteiger partial charge >= 0.3 is 0 Å². The van der Waals surface area contributed by atoms with E-state index in [2.05, 4.69) is 5.32 Å². The highest BCUT2D eigenvalue weighted by Gasteiger charge is 2.16. The maximum Gasteiger partial charge on any atom is 0.224 e. The van der Waals surface area contributed by atoms with Gasteiger partial charge in [0.25, 0.3) is 0 Å². The fraction of sp³-hybridized carbons (Fsp3) is 0.385. The summed E-state index contributed by atoms with van der Waals surface area (Å²) in [5.74, 6) is -0.0795. The van der Waals surface area contributed by atoms with E-state index in [9.17, 15) is 4.79 Å². The van der Waals surface area contributed by atoms with E-state index in [1.807, 2.05) is 26.8 Å². The Morgan fingerprint density at radius 3 is 2.59 bits per heavy atom. The minimum Gasteiger partial charge on any atom is -0.325 e. The third-order valence-electron chi connectivity index (χ3n) is 2.06. The molecule has 0 unspecified atom stereocenters. The summed E-state index contributed by atoms with van der Waals surface area (Å²) in [7, 11) is 0. The van der Waals surface area contributed by atoms with Gasteiger partial charge in [-0.2, -0.15) is 5.26 Å². The van der Waals surface area contributed by atoms with Gasteiger partial charge < -0.3 is 5.32 Å².